The summed E-state index contributed by atoms with van der Waals surface area (Å²) in [5, 5.41) is 13.3. The van der Waals surface area contributed by atoms with E-state index < -0.39 is 0 Å². The molecule has 2 heterocycles. The summed E-state index contributed by atoms with van der Waals surface area (Å²) in [6.45, 7) is 13.2. The maximum absolute atomic E-state index is 11.0. The molecular formula is C40H39N3O. The summed E-state index contributed by atoms with van der Waals surface area (Å²) in [7, 11) is 0. The van der Waals surface area contributed by atoms with Crippen molar-refractivity contribution in [2.45, 2.75) is 52.4 Å². The lowest BCUT2D eigenvalue weighted by molar-refractivity contribution is 0.476. The number of nitrogens with zero attached hydrogens (tertiary/aromatic N) is 3. The van der Waals surface area contributed by atoms with Crippen molar-refractivity contribution < 1.29 is 5.11 Å². The molecule has 1 N–H and O–H groups in total. The summed E-state index contributed by atoms with van der Waals surface area (Å²) in [6.07, 6.45) is 1.81. The van der Waals surface area contributed by atoms with Crippen molar-refractivity contribution in [2.75, 3.05) is 4.90 Å². The second-order valence-electron chi connectivity index (χ2n) is 13.4. The van der Waals surface area contributed by atoms with Crippen molar-refractivity contribution in [2.24, 2.45) is 0 Å². The van der Waals surface area contributed by atoms with Crippen molar-refractivity contribution in [3.05, 3.63) is 133 Å². The van der Waals surface area contributed by atoms with Gasteiger partial charge in [-0.3, -0.25) is 4.90 Å². The van der Waals surface area contributed by atoms with Gasteiger partial charge in [0.2, 0.25) is 0 Å². The van der Waals surface area contributed by atoms with Gasteiger partial charge in [-0.25, -0.2) is 9.97 Å². The molecule has 0 aliphatic rings. The molecule has 4 nitrogen and oxygen atoms in total. The predicted molar refractivity (Wildman–Crippen MR) is 184 cm³/mol. The molecule has 4 aromatic carbocycles. The first-order chi connectivity index (χ1) is 21.0. The molecule has 6 rings (SSSR count). The van der Waals surface area contributed by atoms with Gasteiger partial charge in [-0.2, -0.15) is 0 Å². The van der Waals surface area contributed by atoms with Crippen molar-refractivity contribution in [3.8, 4) is 28.1 Å². The van der Waals surface area contributed by atoms with E-state index in [1.807, 2.05) is 42.6 Å². The molecule has 0 aliphatic carbocycles. The normalized spacial score (nSPS) is 12.0. The summed E-state index contributed by atoms with van der Waals surface area (Å²) in [5.41, 5.74) is 6.85. The minimum absolute atomic E-state index is 0.0423. The van der Waals surface area contributed by atoms with Gasteiger partial charge in [0.1, 0.15) is 17.4 Å². The average Bonchev–Trinajstić information content (AvgIpc) is 3.01. The van der Waals surface area contributed by atoms with Crippen molar-refractivity contribution in [1.29, 1.82) is 0 Å². The minimum atomic E-state index is -0.109. The van der Waals surface area contributed by atoms with E-state index in [1.165, 1.54) is 11.1 Å². The first-order valence-corrected chi connectivity index (χ1v) is 15.1. The third kappa shape index (κ3) is 5.80. The van der Waals surface area contributed by atoms with Crippen LogP contribution in [0.1, 0.15) is 52.7 Å². The summed E-state index contributed by atoms with van der Waals surface area (Å²) in [5.74, 6) is 1.84. The molecule has 0 saturated heterocycles. The van der Waals surface area contributed by atoms with Crippen LogP contribution in [0.5, 0.6) is 5.75 Å². The fraction of sp³-hybridized carbons (Fsp3) is 0.200. The first-order valence-electron chi connectivity index (χ1n) is 15.1. The number of phenolic OH excluding ortho intramolecular Hbond substituents is 1. The van der Waals surface area contributed by atoms with E-state index in [9.17, 15) is 5.11 Å². The van der Waals surface area contributed by atoms with Gasteiger partial charge in [0.05, 0.1) is 11.4 Å². The van der Waals surface area contributed by atoms with E-state index in [0.717, 1.165) is 50.5 Å². The van der Waals surface area contributed by atoms with Gasteiger partial charge in [-0.1, -0.05) is 102 Å². The number of rotatable bonds is 5. The SMILES string of the molecule is CC(C)(C)c1cc(-c2cccc(N(c3ccccn3)c3cccc4ccccc34)n2)cc(-c2cc(C(C)(C)C)ccc2O)c1. The number of fused-ring (bicyclic) bond motifs is 1. The molecule has 0 saturated carbocycles. The average molecular weight is 578 g/mol. The molecule has 44 heavy (non-hydrogen) atoms. The van der Waals surface area contributed by atoms with Crippen molar-refractivity contribution in [1.82, 2.24) is 9.97 Å². The first kappa shape index (κ1) is 29.1. The molecule has 0 fully saturated rings. The van der Waals surface area contributed by atoms with Crippen LogP contribution < -0.4 is 4.90 Å². The summed E-state index contributed by atoms with van der Waals surface area (Å²) >= 11 is 0. The molecule has 0 atom stereocenters. The third-order valence-electron chi connectivity index (χ3n) is 8.12. The van der Waals surface area contributed by atoms with Crippen molar-refractivity contribution in [3.63, 3.8) is 0 Å². The Labute approximate surface area is 260 Å². The number of anilines is 3. The van der Waals surface area contributed by atoms with Gasteiger partial charge in [0.25, 0.3) is 0 Å². The van der Waals surface area contributed by atoms with Crippen LogP contribution in [-0.4, -0.2) is 15.1 Å². The standard InChI is InChI=1S/C40H39N3O/c1-39(2,3)30-20-21-36(44)33(26-30)28-23-29(25-31(24-28)40(4,5)6)34-16-12-19-38(42-34)43(37-18-9-10-22-41-37)35-17-11-14-27-13-7-8-15-32(27)35/h7-26,44H,1-6H3. The van der Waals surface area contributed by atoms with E-state index in [0.29, 0.717) is 0 Å². The second kappa shape index (κ2) is 11.3. The molecule has 220 valence electrons. The molecular weight excluding hydrogens is 538 g/mol. The van der Waals surface area contributed by atoms with Crippen LogP contribution >= 0.6 is 0 Å². The lowest BCUT2D eigenvalue weighted by atomic mass is 9.82. The smallest absolute Gasteiger partial charge is 0.139 e. The highest BCUT2D eigenvalue weighted by Crippen LogP contribution is 2.40. The lowest BCUT2D eigenvalue weighted by Gasteiger charge is -2.25. The highest BCUT2D eigenvalue weighted by Gasteiger charge is 2.22. The van der Waals surface area contributed by atoms with Crippen LogP contribution in [-0.2, 0) is 10.8 Å². The largest absolute Gasteiger partial charge is 0.507 e. The quantitative estimate of drug-likeness (QED) is 0.221. The molecule has 0 spiro atoms. The summed E-state index contributed by atoms with van der Waals surface area (Å²) in [6, 6.07) is 39.3. The van der Waals surface area contributed by atoms with E-state index in [1.54, 1.807) is 0 Å². The molecule has 4 heteroatoms. The Kier molecular flexibility index (Phi) is 7.46. The number of hydrogen-bond donors (Lipinski definition) is 1. The topological polar surface area (TPSA) is 49.2 Å². The molecule has 0 amide bonds. The molecule has 0 bridgehead atoms. The summed E-state index contributed by atoms with van der Waals surface area (Å²) in [4.78, 5) is 12.1. The number of aromatic nitrogens is 2. The monoisotopic (exact) mass is 577 g/mol. The Bertz CT molecular complexity index is 1940. The Balaban J connectivity index is 1.54. The van der Waals surface area contributed by atoms with Crippen LogP contribution in [0.15, 0.2) is 121 Å². The molecule has 0 radical (unpaired) electrons. The Hall–Kier alpha value is -4.96. The third-order valence-corrected chi connectivity index (χ3v) is 8.12. The number of benzene rings is 4. The minimum Gasteiger partial charge on any atom is -0.507 e. The predicted octanol–water partition coefficient (Wildman–Crippen LogP) is 10.7. The fourth-order valence-electron chi connectivity index (χ4n) is 5.56. The van der Waals surface area contributed by atoms with Crippen LogP contribution in [0.2, 0.25) is 0 Å². The molecule has 0 unspecified atom stereocenters. The van der Waals surface area contributed by atoms with E-state index in [2.05, 4.69) is 125 Å². The van der Waals surface area contributed by atoms with Gasteiger partial charge in [-0.05, 0) is 87.5 Å². The maximum Gasteiger partial charge on any atom is 0.139 e. The Morgan fingerprint density at radius 1 is 0.591 bits per heavy atom. The molecule has 6 aromatic rings. The maximum atomic E-state index is 11.0. The second-order valence-corrected chi connectivity index (χ2v) is 13.4. The highest BCUT2D eigenvalue weighted by atomic mass is 16.3. The lowest BCUT2D eigenvalue weighted by Crippen LogP contribution is -2.14. The highest BCUT2D eigenvalue weighted by molar-refractivity contribution is 5.98. The molecule has 2 aromatic heterocycles. The zero-order chi connectivity index (χ0) is 31.1. The molecule has 0 aliphatic heterocycles. The van der Waals surface area contributed by atoms with Crippen LogP contribution in [0, 0.1) is 0 Å². The fourth-order valence-corrected chi connectivity index (χ4v) is 5.56. The van der Waals surface area contributed by atoms with Gasteiger partial charge in [0, 0.05) is 22.7 Å². The zero-order valence-electron chi connectivity index (χ0n) is 26.3. The van der Waals surface area contributed by atoms with Crippen LogP contribution in [0.25, 0.3) is 33.2 Å². The van der Waals surface area contributed by atoms with Crippen LogP contribution in [0.4, 0.5) is 17.3 Å². The van der Waals surface area contributed by atoms with E-state index >= 15 is 0 Å². The number of pyridine rings is 2. The van der Waals surface area contributed by atoms with Gasteiger partial charge < -0.3 is 5.11 Å². The van der Waals surface area contributed by atoms with Gasteiger partial charge in [0.15, 0.2) is 0 Å². The van der Waals surface area contributed by atoms with E-state index in [4.69, 9.17) is 9.97 Å². The van der Waals surface area contributed by atoms with Gasteiger partial charge >= 0.3 is 0 Å². The van der Waals surface area contributed by atoms with Crippen LogP contribution in [0.3, 0.4) is 0 Å². The summed E-state index contributed by atoms with van der Waals surface area (Å²) < 4.78 is 0. The van der Waals surface area contributed by atoms with E-state index in [-0.39, 0.29) is 16.6 Å². The number of aromatic hydroxyl groups is 1. The number of phenols is 1. The van der Waals surface area contributed by atoms with Gasteiger partial charge in [-0.15, -0.1) is 0 Å². The zero-order valence-corrected chi connectivity index (χ0v) is 26.3. The Morgan fingerprint density at radius 2 is 1.27 bits per heavy atom. The Morgan fingerprint density at radius 3 is 2.02 bits per heavy atom. The number of hydrogen-bond acceptors (Lipinski definition) is 4. The van der Waals surface area contributed by atoms with Crippen molar-refractivity contribution >= 4 is 28.1 Å².